The van der Waals surface area contributed by atoms with Gasteiger partial charge in [0.15, 0.2) is 0 Å². The molecule has 0 saturated carbocycles. The van der Waals surface area contributed by atoms with Crippen molar-refractivity contribution in [2.45, 2.75) is 26.8 Å². The van der Waals surface area contributed by atoms with Crippen LogP contribution >= 0.6 is 0 Å². The molecule has 0 atom stereocenters. The maximum absolute atomic E-state index is 12.2. The molecule has 0 spiro atoms. The number of benzene rings is 1. The second kappa shape index (κ2) is 7.02. The van der Waals surface area contributed by atoms with Gasteiger partial charge in [-0.15, -0.1) is 0 Å². The molecule has 22 heavy (non-hydrogen) atoms. The predicted octanol–water partition coefficient (Wildman–Crippen LogP) is 2.34. The normalized spacial score (nSPS) is 10.4. The topological polar surface area (TPSA) is 58.1 Å². The first-order valence-electron chi connectivity index (χ1n) is 7.38. The molecule has 0 fully saturated rings. The van der Waals surface area contributed by atoms with Crippen molar-refractivity contribution < 1.29 is 4.79 Å². The lowest BCUT2D eigenvalue weighted by Crippen LogP contribution is -2.24. The van der Waals surface area contributed by atoms with E-state index in [-0.39, 0.29) is 5.91 Å². The van der Waals surface area contributed by atoms with Gasteiger partial charge in [-0.1, -0.05) is 19.1 Å². The molecule has 0 radical (unpaired) electrons. The summed E-state index contributed by atoms with van der Waals surface area (Å²) in [6, 6.07) is 9.55. The third-order valence-electron chi connectivity index (χ3n) is 3.35. The van der Waals surface area contributed by atoms with Gasteiger partial charge in [-0.25, -0.2) is 9.97 Å². The number of hydrogen-bond donors (Lipinski definition) is 1. The third kappa shape index (κ3) is 4.04. The Kier molecular flexibility index (Phi) is 5.09. The Bertz CT molecular complexity index is 650. The second-order valence-corrected chi connectivity index (χ2v) is 5.43. The van der Waals surface area contributed by atoms with E-state index in [9.17, 15) is 4.79 Å². The van der Waals surface area contributed by atoms with Gasteiger partial charge in [-0.05, 0) is 37.1 Å². The number of carbonyl (C=O) groups excluding carboxylic acids is 1. The molecule has 1 aromatic carbocycles. The highest BCUT2D eigenvalue weighted by Crippen LogP contribution is 2.08. The van der Waals surface area contributed by atoms with E-state index < -0.39 is 0 Å². The van der Waals surface area contributed by atoms with Gasteiger partial charge < -0.3 is 10.2 Å². The van der Waals surface area contributed by atoms with E-state index in [2.05, 4.69) is 22.2 Å². The number of amides is 1. The van der Waals surface area contributed by atoms with Gasteiger partial charge in [0, 0.05) is 25.4 Å². The monoisotopic (exact) mass is 298 g/mol. The Hall–Kier alpha value is -2.43. The molecule has 0 saturated heterocycles. The van der Waals surface area contributed by atoms with Crippen LogP contribution in [0.15, 0.2) is 30.3 Å². The summed E-state index contributed by atoms with van der Waals surface area (Å²) < 4.78 is 0. The zero-order chi connectivity index (χ0) is 16.1. The molecule has 1 amide bonds. The Labute approximate surface area is 131 Å². The highest BCUT2D eigenvalue weighted by molar-refractivity contribution is 5.94. The first kappa shape index (κ1) is 15.9. The number of aromatic nitrogens is 2. The Morgan fingerprint density at radius 1 is 1.18 bits per heavy atom. The molecule has 1 aromatic heterocycles. The van der Waals surface area contributed by atoms with Crippen molar-refractivity contribution in [2.75, 3.05) is 19.0 Å². The largest absolute Gasteiger partial charge is 0.347 e. The van der Waals surface area contributed by atoms with E-state index in [0.29, 0.717) is 18.1 Å². The van der Waals surface area contributed by atoms with Crippen molar-refractivity contribution in [3.63, 3.8) is 0 Å². The molecular formula is C17H22N4O. The minimum atomic E-state index is -0.0923. The molecule has 1 N–H and O–H groups in total. The summed E-state index contributed by atoms with van der Waals surface area (Å²) in [5, 5.41) is 2.90. The van der Waals surface area contributed by atoms with E-state index >= 15 is 0 Å². The second-order valence-electron chi connectivity index (χ2n) is 5.43. The Morgan fingerprint density at radius 3 is 2.45 bits per heavy atom. The van der Waals surface area contributed by atoms with Crippen LogP contribution in [0, 0.1) is 6.92 Å². The van der Waals surface area contributed by atoms with Crippen LogP contribution in [0.25, 0.3) is 0 Å². The molecule has 1 heterocycles. The van der Waals surface area contributed by atoms with Gasteiger partial charge in [0.25, 0.3) is 5.91 Å². The minimum absolute atomic E-state index is 0.0923. The maximum Gasteiger partial charge on any atom is 0.251 e. The average molecular weight is 298 g/mol. The fraction of sp³-hybridized carbons (Fsp3) is 0.353. The minimum Gasteiger partial charge on any atom is -0.347 e. The van der Waals surface area contributed by atoms with Gasteiger partial charge >= 0.3 is 0 Å². The summed E-state index contributed by atoms with van der Waals surface area (Å²) in [7, 11) is 3.79. The van der Waals surface area contributed by atoms with Gasteiger partial charge in [0.1, 0.15) is 0 Å². The van der Waals surface area contributed by atoms with Gasteiger partial charge in [0.2, 0.25) is 5.95 Å². The molecule has 0 aliphatic heterocycles. The lowest BCUT2D eigenvalue weighted by atomic mass is 10.1. The van der Waals surface area contributed by atoms with Crippen LogP contribution in [0.5, 0.6) is 0 Å². The standard InChI is InChI=1S/C17H22N4O/c1-5-13-6-8-14(9-7-13)16(22)18-11-15-10-12(2)19-17(20-15)21(3)4/h6-10H,5,11H2,1-4H3,(H,18,22). The fourth-order valence-electron chi connectivity index (χ4n) is 2.07. The average Bonchev–Trinajstić information content (AvgIpc) is 2.52. The first-order valence-corrected chi connectivity index (χ1v) is 7.38. The Morgan fingerprint density at radius 2 is 1.86 bits per heavy atom. The number of nitrogens with zero attached hydrogens (tertiary/aromatic N) is 3. The third-order valence-corrected chi connectivity index (χ3v) is 3.35. The number of anilines is 1. The van der Waals surface area contributed by atoms with Crippen molar-refractivity contribution >= 4 is 11.9 Å². The summed E-state index contributed by atoms with van der Waals surface area (Å²) in [4.78, 5) is 22.8. The summed E-state index contributed by atoms with van der Waals surface area (Å²) in [5.41, 5.74) is 3.57. The molecular weight excluding hydrogens is 276 g/mol. The van der Waals surface area contributed by atoms with E-state index in [4.69, 9.17) is 0 Å². The quantitative estimate of drug-likeness (QED) is 0.920. The van der Waals surface area contributed by atoms with Crippen LogP contribution in [-0.4, -0.2) is 30.0 Å². The van der Waals surface area contributed by atoms with Crippen molar-refractivity contribution in [1.82, 2.24) is 15.3 Å². The van der Waals surface area contributed by atoms with Crippen LogP contribution in [0.4, 0.5) is 5.95 Å². The highest BCUT2D eigenvalue weighted by Gasteiger charge is 2.08. The van der Waals surface area contributed by atoms with Crippen molar-refractivity contribution in [3.8, 4) is 0 Å². The van der Waals surface area contributed by atoms with E-state index in [0.717, 1.165) is 17.8 Å². The van der Waals surface area contributed by atoms with Crippen LogP contribution in [0.1, 0.15) is 34.2 Å². The number of aryl methyl sites for hydroxylation is 2. The molecule has 5 nitrogen and oxygen atoms in total. The fourth-order valence-corrected chi connectivity index (χ4v) is 2.07. The summed E-state index contributed by atoms with van der Waals surface area (Å²) in [5.74, 6) is 0.557. The van der Waals surface area contributed by atoms with Gasteiger partial charge in [0.05, 0.1) is 12.2 Å². The van der Waals surface area contributed by atoms with Crippen molar-refractivity contribution in [1.29, 1.82) is 0 Å². The van der Waals surface area contributed by atoms with Crippen LogP contribution < -0.4 is 10.2 Å². The first-order chi connectivity index (χ1) is 10.5. The number of rotatable bonds is 5. The molecule has 2 rings (SSSR count). The predicted molar refractivity (Wildman–Crippen MR) is 88.1 cm³/mol. The summed E-state index contributed by atoms with van der Waals surface area (Å²) in [6.45, 7) is 4.40. The zero-order valence-electron chi connectivity index (χ0n) is 13.6. The Balaban J connectivity index is 2.04. The lowest BCUT2D eigenvalue weighted by molar-refractivity contribution is 0.0950. The summed E-state index contributed by atoms with van der Waals surface area (Å²) in [6.07, 6.45) is 0.968. The molecule has 116 valence electrons. The smallest absolute Gasteiger partial charge is 0.251 e. The molecule has 0 aliphatic rings. The van der Waals surface area contributed by atoms with Crippen LogP contribution in [0.2, 0.25) is 0 Å². The van der Waals surface area contributed by atoms with Crippen LogP contribution in [-0.2, 0) is 13.0 Å². The van der Waals surface area contributed by atoms with Crippen molar-refractivity contribution in [3.05, 3.63) is 52.8 Å². The van der Waals surface area contributed by atoms with Crippen molar-refractivity contribution in [2.24, 2.45) is 0 Å². The lowest BCUT2D eigenvalue weighted by Gasteiger charge is -2.12. The number of hydrogen-bond acceptors (Lipinski definition) is 4. The molecule has 2 aromatic rings. The molecule has 0 unspecified atom stereocenters. The van der Waals surface area contributed by atoms with E-state index in [1.54, 1.807) is 0 Å². The highest BCUT2D eigenvalue weighted by atomic mass is 16.1. The zero-order valence-corrected chi connectivity index (χ0v) is 13.6. The number of carbonyl (C=O) groups is 1. The molecule has 0 bridgehead atoms. The van der Waals surface area contributed by atoms with E-state index in [1.165, 1.54) is 5.56 Å². The molecule has 0 aliphatic carbocycles. The van der Waals surface area contributed by atoms with Crippen LogP contribution in [0.3, 0.4) is 0 Å². The number of nitrogens with one attached hydrogen (secondary N) is 1. The van der Waals surface area contributed by atoms with Gasteiger partial charge in [-0.2, -0.15) is 0 Å². The van der Waals surface area contributed by atoms with E-state index in [1.807, 2.05) is 56.3 Å². The summed E-state index contributed by atoms with van der Waals surface area (Å²) >= 11 is 0. The van der Waals surface area contributed by atoms with Gasteiger partial charge in [-0.3, -0.25) is 4.79 Å². The molecule has 5 heteroatoms. The maximum atomic E-state index is 12.2. The SMILES string of the molecule is CCc1ccc(C(=O)NCc2cc(C)nc(N(C)C)n2)cc1.